The van der Waals surface area contributed by atoms with Gasteiger partial charge in [-0.2, -0.15) is 0 Å². The van der Waals surface area contributed by atoms with Gasteiger partial charge in [0.2, 0.25) is 11.8 Å². The second-order valence-electron chi connectivity index (χ2n) is 9.78. The van der Waals surface area contributed by atoms with E-state index in [1.54, 1.807) is 25.1 Å². The highest BCUT2D eigenvalue weighted by molar-refractivity contribution is 7.92. The lowest BCUT2D eigenvalue weighted by Crippen LogP contribution is -2.51. The second kappa shape index (κ2) is 13.3. The first-order valence-electron chi connectivity index (χ1n) is 12.5. The standard InChI is InChI=1S/C29H33Cl2N3O4S/c1-20(2)17-32-29(36)22(4)33(18-23-10-8-9-21(3)13-23)28(35)19-34(26-15-24(30)14-25(31)16-26)39(37,38)27-11-6-5-7-12-27/h5-16,20,22H,17-19H2,1-4H3,(H,32,36)/t22-/m1/s1. The van der Waals surface area contributed by atoms with E-state index in [4.69, 9.17) is 23.2 Å². The fourth-order valence-electron chi connectivity index (χ4n) is 3.97. The fraction of sp³-hybridized carbons (Fsp3) is 0.310. The molecule has 0 saturated carbocycles. The van der Waals surface area contributed by atoms with Crippen LogP contribution < -0.4 is 9.62 Å². The normalized spacial score (nSPS) is 12.2. The van der Waals surface area contributed by atoms with Crippen LogP contribution in [-0.4, -0.2) is 44.3 Å². The maximum atomic E-state index is 13.9. The van der Waals surface area contributed by atoms with Gasteiger partial charge in [-0.15, -0.1) is 0 Å². The van der Waals surface area contributed by atoms with Crippen molar-refractivity contribution in [2.24, 2.45) is 5.92 Å². The van der Waals surface area contributed by atoms with E-state index in [2.05, 4.69) is 5.32 Å². The van der Waals surface area contributed by atoms with Crippen LogP contribution in [0.2, 0.25) is 10.0 Å². The number of hydrogen-bond donors (Lipinski definition) is 1. The van der Waals surface area contributed by atoms with E-state index in [1.165, 1.54) is 35.2 Å². The topological polar surface area (TPSA) is 86.8 Å². The van der Waals surface area contributed by atoms with Gasteiger partial charge in [0.25, 0.3) is 10.0 Å². The molecule has 0 aliphatic heterocycles. The second-order valence-corrected chi connectivity index (χ2v) is 12.5. The van der Waals surface area contributed by atoms with Crippen LogP contribution in [0.25, 0.3) is 0 Å². The summed E-state index contributed by atoms with van der Waals surface area (Å²) in [5.74, 6) is -0.659. The van der Waals surface area contributed by atoms with Crippen molar-refractivity contribution in [2.45, 2.75) is 45.2 Å². The molecule has 0 unspecified atom stereocenters. The monoisotopic (exact) mass is 589 g/mol. The van der Waals surface area contributed by atoms with Gasteiger partial charge in [-0.1, -0.05) is 85.1 Å². The summed E-state index contributed by atoms with van der Waals surface area (Å²) in [6.07, 6.45) is 0. The molecule has 0 aromatic heterocycles. The number of rotatable bonds is 11. The summed E-state index contributed by atoms with van der Waals surface area (Å²) >= 11 is 12.4. The summed E-state index contributed by atoms with van der Waals surface area (Å²) in [6, 6.07) is 18.9. The third-order valence-electron chi connectivity index (χ3n) is 6.03. The van der Waals surface area contributed by atoms with Gasteiger partial charge in [-0.25, -0.2) is 8.42 Å². The lowest BCUT2D eigenvalue weighted by atomic mass is 10.1. The average molecular weight is 591 g/mol. The Balaban J connectivity index is 2.03. The van der Waals surface area contributed by atoms with E-state index in [-0.39, 0.29) is 39.0 Å². The van der Waals surface area contributed by atoms with Crippen molar-refractivity contribution in [3.63, 3.8) is 0 Å². The number of amides is 2. The van der Waals surface area contributed by atoms with E-state index < -0.39 is 28.5 Å². The molecule has 3 aromatic rings. The van der Waals surface area contributed by atoms with E-state index >= 15 is 0 Å². The van der Waals surface area contributed by atoms with Crippen LogP contribution in [-0.2, 0) is 26.2 Å². The minimum Gasteiger partial charge on any atom is -0.354 e. The van der Waals surface area contributed by atoms with Gasteiger partial charge < -0.3 is 10.2 Å². The van der Waals surface area contributed by atoms with Crippen LogP contribution in [0, 0.1) is 12.8 Å². The van der Waals surface area contributed by atoms with Crippen molar-refractivity contribution in [1.29, 1.82) is 0 Å². The van der Waals surface area contributed by atoms with Crippen molar-refractivity contribution in [3.05, 3.63) is 94.0 Å². The molecule has 0 radical (unpaired) electrons. The Morgan fingerprint density at radius 1 is 0.897 bits per heavy atom. The highest BCUT2D eigenvalue weighted by Gasteiger charge is 2.32. The molecule has 39 heavy (non-hydrogen) atoms. The Bertz CT molecular complexity index is 1390. The van der Waals surface area contributed by atoms with E-state index in [1.807, 2.05) is 45.0 Å². The van der Waals surface area contributed by atoms with Crippen LogP contribution in [0.3, 0.4) is 0 Å². The molecule has 3 rings (SSSR count). The van der Waals surface area contributed by atoms with Crippen LogP contribution >= 0.6 is 23.2 Å². The molecular formula is C29H33Cl2N3O4S. The molecule has 3 aromatic carbocycles. The Kier molecular flexibility index (Phi) is 10.4. The first-order chi connectivity index (χ1) is 18.4. The minimum atomic E-state index is -4.20. The van der Waals surface area contributed by atoms with Crippen molar-refractivity contribution in [3.8, 4) is 0 Å². The van der Waals surface area contributed by atoms with Gasteiger partial charge in [-0.05, 0) is 55.7 Å². The van der Waals surface area contributed by atoms with Gasteiger partial charge in [-0.3, -0.25) is 13.9 Å². The summed E-state index contributed by atoms with van der Waals surface area (Å²) in [7, 11) is -4.20. The zero-order chi connectivity index (χ0) is 28.7. The molecule has 0 bridgehead atoms. The van der Waals surface area contributed by atoms with Gasteiger partial charge in [0, 0.05) is 23.1 Å². The molecule has 0 heterocycles. The molecule has 1 atom stereocenters. The number of aryl methyl sites for hydroxylation is 1. The number of hydrogen-bond acceptors (Lipinski definition) is 4. The molecule has 208 valence electrons. The summed E-state index contributed by atoms with van der Waals surface area (Å²) in [5.41, 5.74) is 1.95. The lowest BCUT2D eigenvalue weighted by Gasteiger charge is -2.32. The van der Waals surface area contributed by atoms with Crippen LogP contribution in [0.1, 0.15) is 31.9 Å². The highest BCUT2D eigenvalue weighted by atomic mass is 35.5. The quantitative estimate of drug-likeness (QED) is 0.311. The number of nitrogens with zero attached hydrogens (tertiary/aromatic N) is 2. The molecule has 2 amide bonds. The molecular weight excluding hydrogens is 557 g/mol. The smallest absolute Gasteiger partial charge is 0.264 e. The predicted molar refractivity (Wildman–Crippen MR) is 156 cm³/mol. The van der Waals surface area contributed by atoms with Gasteiger partial charge >= 0.3 is 0 Å². The molecule has 0 spiro atoms. The molecule has 1 N–H and O–H groups in total. The maximum absolute atomic E-state index is 13.9. The van der Waals surface area contributed by atoms with E-state index in [0.29, 0.717) is 6.54 Å². The zero-order valence-electron chi connectivity index (χ0n) is 22.4. The minimum absolute atomic E-state index is 0.00172. The number of halogens is 2. The summed E-state index contributed by atoms with van der Waals surface area (Å²) in [5, 5.41) is 3.31. The molecule has 0 saturated heterocycles. The summed E-state index contributed by atoms with van der Waals surface area (Å²) in [4.78, 5) is 28.4. The van der Waals surface area contributed by atoms with Crippen molar-refractivity contribution >= 4 is 50.7 Å². The highest BCUT2D eigenvalue weighted by Crippen LogP contribution is 2.30. The average Bonchev–Trinajstić information content (AvgIpc) is 2.88. The van der Waals surface area contributed by atoms with Gasteiger partial charge in [0.1, 0.15) is 12.6 Å². The van der Waals surface area contributed by atoms with E-state index in [9.17, 15) is 18.0 Å². The number of carbonyl (C=O) groups is 2. The van der Waals surface area contributed by atoms with E-state index in [0.717, 1.165) is 15.4 Å². The SMILES string of the molecule is Cc1cccc(CN(C(=O)CN(c2cc(Cl)cc(Cl)c2)S(=O)(=O)c2ccccc2)[C@H](C)C(=O)NCC(C)C)c1. The van der Waals surface area contributed by atoms with Gasteiger partial charge in [0.15, 0.2) is 0 Å². The third-order valence-corrected chi connectivity index (χ3v) is 8.26. The Hall–Kier alpha value is -3.07. The summed E-state index contributed by atoms with van der Waals surface area (Å²) < 4.78 is 28.6. The molecule has 10 heteroatoms. The molecule has 0 aliphatic carbocycles. The number of anilines is 1. The van der Waals surface area contributed by atoms with Crippen molar-refractivity contribution in [1.82, 2.24) is 10.2 Å². The molecule has 0 fully saturated rings. The zero-order valence-corrected chi connectivity index (χ0v) is 24.7. The number of carbonyl (C=O) groups excluding carboxylic acids is 2. The van der Waals surface area contributed by atoms with Crippen molar-refractivity contribution < 1.29 is 18.0 Å². The lowest BCUT2D eigenvalue weighted by molar-refractivity contribution is -0.139. The maximum Gasteiger partial charge on any atom is 0.264 e. The fourth-order valence-corrected chi connectivity index (χ4v) is 5.91. The Morgan fingerprint density at radius 2 is 1.54 bits per heavy atom. The predicted octanol–water partition coefficient (Wildman–Crippen LogP) is 5.69. The third kappa shape index (κ3) is 8.21. The molecule has 7 nitrogen and oxygen atoms in total. The van der Waals surface area contributed by atoms with Crippen LogP contribution in [0.15, 0.2) is 77.7 Å². The largest absolute Gasteiger partial charge is 0.354 e. The summed E-state index contributed by atoms with van der Waals surface area (Å²) in [6.45, 7) is 7.52. The molecule has 0 aliphatic rings. The van der Waals surface area contributed by atoms with Crippen LogP contribution in [0.5, 0.6) is 0 Å². The number of sulfonamides is 1. The first kappa shape index (κ1) is 30.5. The van der Waals surface area contributed by atoms with Gasteiger partial charge in [0.05, 0.1) is 10.6 Å². The Labute approximate surface area is 240 Å². The Morgan fingerprint density at radius 3 is 2.13 bits per heavy atom. The van der Waals surface area contributed by atoms with Crippen molar-refractivity contribution in [2.75, 3.05) is 17.4 Å². The number of nitrogens with one attached hydrogen (secondary N) is 1. The van der Waals surface area contributed by atoms with Crippen LogP contribution in [0.4, 0.5) is 5.69 Å². The number of benzene rings is 3. The first-order valence-corrected chi connectivity index (χ1v) is 14.7.